The van der Waals surface area contributed by atoms with E-state index >= 15 is 0 Å². The first kappa shape index (κ1) is 11.8. The van der Waals surface area contributed by atoms with Crippen LogP contribution in [0.3, 0.4) is 0 Å². The summed E-state index contributed by atoms with van der Waals surface area (Å²) in [5, 5.41) is 2.77. The number of para-hydroxylation sites is 2. The first-order chi connectivity index (χ1) is 8.29. The maximum absolute atomic E-state index is 11.3. The largest absolute Gasteiger partial charge is 0.486 e. The molecule has 4 heteroatoms. The summed E-state index contributed by atoms with van der Waals surface area (Å²) < 4.78 is 11.3. The maximum atomic E-state index is 11.3. The fourth-order valence-electron chi connectivity index (χ4n) is 1.78. The molecule has 1 heterocycles. The van der Waals surface area contributed by atoms with Crippen LogP contribution in [0, 0.1) is 0 Å². The van der Waals surface area contributed by atoms with Gasteiger partial charge in [-0.15, -0.1) is 0 Å². The van der Waals surface area contributed by atoms with Crippen molar-refractivity contribution in [3.8, 4) is 11.5 Å². The molecule has 1 aliphatic heterocycles. The highest BCUT2D eigenvalue weighted by atomic mass is 16.6. The number of fused-ring (bicyclic) bond motifs is 1. The molecule has 1 aromatic carbocycles. The first-order valence-electron chi connectivity index (χ1n) is 5.94. The molecule has 0 radical (unpaired) electrons. The number of amides is 1. The Morgan fingerprint density at radius 2 is 2.18 bits per heavy atom. The van der Waals surface area contributed by atoms with Crippen LogP contribution in [0.1, 0.15) is 19.8 Å². The van der Waals surface area contributed by atoms with Gasteiger partial charge in [-0.1, -0.05) is 12.1 Å². The average molecular weight is 235 g/mol. The Bertz CT molecular complexity index is 392. The molecule has 0 spiro atoms. The van der Waals surface area contributed by atoms with Crippen LogP contribution >= 0.6 is 0 Å². The van der Waals surface area contributed by atoms with E-state index in [1.807, 2.05) is 31.2 Å². The van der Waals surface area contributed by atoms with E-state index in [0.717, 1.165) is 11.5 Å². The van der Waals surface area contributed by atoms with Gasteiger partial charge < -0.3 is 14.8 Å². The Balaban J connectivity index is 1.84. The molecule has 1 amide bonds. The van der Waals surface area contributed by atoms with Gasteiger partial charge >= 0.3 is 0 Å². The van der Waals surface area contributed by atoms with Crippen molar-refractivity contribution in [1.29, 1.82) is 0 Å². The summed E-state index contributed by atoms with van der Waals surface area (Å²) >= 11 is 0. The fraction of sp³-hybridized carbons (Fsp3) is 0.462. The van der Waals surface area contributed by atoms with Gasteiger partial charge in [0.2, 0.25) is 5.91 Å². The third-order valence-corrected chi connectivity index (χ3v) is 2.63. The summed E-state index contributed by atoms with van der Waals surface area (Å²) in [6.07, 6.45) is 1.12. The normalized spacial score (nSPS) is 17.6. The molecule has 0 aromatic heterocycles. The number of hydrogen-bond acceptors (Lipinski definition) is 3. The van der Waals surface area contributed by atoms with Crippen molar-refractivity contribution >= 4 is 5.91 Å². The van der Waals surface area contributed by atoms with Crippen molar-refractivity contribution in [2.75, 3.05) is 13.2 Å². The third kappa shape index (κ3) is 3.12. The molecular formula is C13H17NO3. The van der Waals surface area contributed by atoms with Crippen molar-refractivity contribution in [3.63, 3.8) is 0 Å². The van der Waals surface area contributed by atoms with E-state index in [2.05, 4.69) is 5.32 Å². The molecule has 2 rings (SSSR count). The predicted octanol–water partition coefficient (Wildman–Crippen LogP) is 1.74. The Morgan fingerprint density at radius 1 is 1.41 bits per heavy atom. The molecule has 0 fully saturated rings. The van der Waals surface area contributed by atoms with Gasteiger partial charge in [-0.2, -0.15) is 0 Å². The van der Waals surface area contributed by atoms with Gasteiger partial charge in [0.1, 0.15) is 12.7 Å². The quantitative estimate of drug-likeness (QED) is 0.864. The molecule has 92 valence electrons. The maximum Gasteiger partial charge on any atom is 0.220 e. The molecule has 17 heavy (non-hydrogen) atoms. The van der Waals surface area contributed by atoms with Crippen LogP contribution < -0.4 is 14.8 Å². The molecule has 0 bridgehead atoms. The Morgan fingerprint density at radius 3 is 2.94 bits per heavy atom. The molecule has 1 unspecified atom stereocenters. The van der Waals surface area contributed by atoms with Crippen molar-refractivity contribution in [1.82, 2.24) is 5.32 Å². The van der Waals surface area contributed by atoms with E-state index in [1.54, 1.807) is 0 Å². The van der Waals surface area contributed by atoms with Crippen LogP contribution in [0.4, 0.5) is 0 Å². The number of rotatable bonds is 4. The van der Waals surface area contributed by atoms with Crippen LogP contribution in [0.2, 0.25) is 0 Å². The minimum absolute atomic E-state index is 0.0347. The second-order valence-corrected chi connectivity index (χ2v) is 3.99. The molecule has 0 saturated carbocycles. The Hall–Kier alpha value is -1.71. The minimum Gasteiger partial charge on any atom is -0.486 e. The van der Waals surface area contributed by atoms with Crippen LogP contribution in [-0.2, 0) is 4.79 Å². The lowest BCUT2D eigenvalue weighted by molar-refractivity contribution is -0.121. The molecule has 1 atom stereocenters. The molecule has 0 aliphatic carbocycles. The SMILES string of the molecule is CCNC(=O)CCC1COc2ccccc2O1. The van der Waals surface area contributed by atoms with Crippen molar-refractivity contribution < 1.29 is 14.3 Å². The molecule has 0 saturated heterocycles. The number of benzene rings is 1. The van der Waals surface area contributed by atoms with E-state index in [9.17, 15) is 4.79 Å². The highest BCUT2D eigenvalue weighted by Crippen LogP contribution is 2.31. The standard InChI is InChI=1S/C13H17NO3/c1-2-14-13(15)8-7-10-9-16-11-5-3-4-6-12(11)17-10/h3-6,10H,2,7-9H2,1H3,(H,14,15). The van der Waals surface area contributed by atoms with Crippen molar-refractivity contribution in [2.45, 2.75) is 25.9 Å². The summed E-state index contributed by atoms with van der Waals surface area (Å²) in [5.74, 6) is 1.61. The van der Waals surface area contributed by atoms with E-state index in [0.29, 0.717) is 26.0 Å². The van der Waals surface area contributed by atoms with E-state index in [-0.39, 0.29) is 12.0 Å². The topological polar surface area (TPSA) is 47.6 Å². The zero-order valence-electron chi connectivity index (χ0n) is 9.94. The van der Waals surface area contributed by atoms with Gasteiger partial charge in [-0.3, -0.25) is 4.79 Å². The van der Waals surface area contributed by atoms with Gasteiger partial charge in [-0.25, -0.2) is 0 Å². The number of carbonyl (C=O) groups excluding carboxylic acids is 1. The monoisotopic (exact) mass is 235 g/mol. The van der Waals surface area contributed by atoms with Gasteiger partial charge in [-0.05, 0) is 25.5 Å². The zero-order valence-corrected chi connectivity index (χ0v) is 9.94. The lowest BCUT2D eigenvalue weighted by atomic mass is 10.1. The molecular weight excluding hydrogens is 218 g/mol. The van der Waals surface area contributed by atoms with Crippen LogP contribution in [-0.4, -0.2) is 25.2 Å². The fourth-order valence-corrected chi connectivity index (χ4v) is 1.78. The first-order valence-corrected chi connectivity index (χ1v) is 5.94. The summed E-state index contributed by atoms with van der Waals surface area (Å²) in [5.41, 5.74) is 0. The molecule has 1 N–H and O–H groups in total. The minimum atomic E-state index is -0.0347. The number of nitrogens with one attached hydrogen (secondary N) is 1. The Kier molecular flexibility index (Phi) is 3.85. The van der Waals surface area contributed by atoms with E-state index in [1.165, 1.54) is 0 Å². The van der Waals surface area contributed by atoms with Crippen LogP contribution in [0.15, 0.2) is 24.3 Å². The molecule has 1 aromatic rings. The molecule has 1 aliphatic rings. The second kappa shape index (κ2) is 5.57. The van der Waals surface area contributed by atoms with Gasteiger partial charge in [0.25, 0.3) is 0 Å². The van der Waals surface area contributed by atoms with Gasteiger partial charge in [0, 0.05) is 13.0 Å². The third-order valence-electron chi connectivity index (χ3n) is 2.63. The number of ether oxygens (including phenoxy) is 2. The van der Waals surface area contributed by atoms with Gasteiger partial charge in [0.15, 0.2) is 11.5 Å². The van der Waals surface area contributed by atoms with E-state index < -0.39 is 0 Å². The number of hydrogen-bond donors (Lipinski definition) is 1. The Labute approximate surface area is 101 Å². The average Bonchev–Trinajstić information content (AvgIpc) is 2.36. The summed E-state index contributed by atoms with van der Waals surface area (Å²) in [6, 6.07) is 7.59. The van der Waals surface area contributed by atoms with Crippen molar-refractivity contribution in [3.05, 3.63) is 24.3 Å². The van der Waals surface area contributed by atoms with E-state index in [4.69, 9.17) is 9.47 Å². The lowest BCUT2D eigenvalue weighted by Crippen LogP contribution is -2.31. The highest BCUT2D eigenvalue weighted by Gasteiger charge is 2.20. The van der Waals surface area contributed by atoms with Crippen molar-refractivity contribution in [2.24, 2.45) is 0 Å². The van der Waals surface area contributed by atoms with Crippen LogP contribution in [0.25, 0.3) is 0 Å². The number of carbonyl (C=O) groups is 1. The zero-order chi connectivity index (χ0) is 12.1. The smallest absolute Gasteiger partial charge is 0.220 e. The summed E-state index contributed by atoms with van der Waals surface area (Å²) in [7, 11) is 0. The van der Waals surface area contributed by atoms with Crippen LogP contribution in [0.5, 0.6) is 11.5 Å². The summed E-state index contributed by atoms with van der Waals surface area (Å²) in [4.78, 5) is 11.3. The highest BCUT2D eigenvalue weighted by molar-refractivity contribution is 5.75. The van der Waals surface area contributed by atoms with Gasteiger partial charge in [0.05, 0.1) is 0 Å². The molecule has 4 nitrogen and oxygen atoms in total. The second-order valence-electron chi connectivity index (χ2n) is 3.99. The lowest BCUT2D eigenvalue weighted by Gasteiger charge is -2.26. The summed E-state index contributed by atoms with van der Waals surface area (Å²) in [6.45, 7) is 3.09. The predicted molar refractivity (Wildman–Crippen MR) is 64.3 cm³/mol.